The Bertz CT molecular complexity index is 297. The van der Waals surface area contributed by atoms with Crippen molar-refractivity contribution in [2.45, 2.75) is 38.2 Å². The highest BCUT2D eigenvalue weighted by Gasteiger charge is 2.15. The van der Waals surface area contributed by atoms with E-state index in [9.17, 15) is 4.39 Å². The Kier molecular flexibility index (Phi) is 2.96. The van der Waals surface area contributed by atoms with Gasteiger partial charge < -0.3 is 4.74 Å². The summed E-state index contributed by atoms with van der Waals surface area (Å²) in [5.41, 5.74) is 0. The van der Waals surface area contributed by atoms with Crippen LogP contribution in [0.25, 0.3) is 0 Å². The van der Waals surface area contributed by atoms with Crippen LogP contribution in [0.3, 0.4) is 0 Å². The van der Waals surface area contributed by atoms with E-state index < -0.39 is 0 Å². The number of rotatable bonds is 2. The molecule has 0 unspecified atom stereocenters. The lowest BCUT2D eigenvalue weighted by atomic mass is 9.98. The van der Waals surface area contributed by atoms with Crippen molar-refractivity contribution in [3.8, 4) is 5.88 Å². The first-order valence-corrected chi connectivity index (χ1v) is 5.13. The van der Waals surface area contributed by atoms with Crippen molar-refractivity contribution in [1.82, 2.24) is 4.98 Å². The molecule has 0 atom stereocenters. The fourth-order valence-corrected chi connectivity index (χ4v) is 1.80. The molecular formula is C11H14FNO. The van der Waals surface area contributed by atoms with Crippen molar-refractivity contribution in [3.63, 3.8) is 0 Å². The minimum Gasteiger partial charge on any atom is -0.474 e. The fraction of sp³-hybridized carbons (Fsp3) is 0.545. The second-order valence-electron chi connectivity index (χ2n) is 3.69. The van der Waals surface area contributed by atoms with Gasteiger partial charge in [0.15, 0.2) is 0 Å². The molecule has 14 heavy (non-hydrogen) atoms. The molecule has 1 aliphatic rings. The lowest BCUT2D eigenvalue weighted by molar-refractivity contribution is 0.148. The van der Waals surface area contributed by atoms with Crippen LogP contribution in [0.2, 0.25) is 0 Å². The van der Waals surface area contributed by atoms with Gasteiger partial charge in [-0.15, -0.1) is 0 Å². The van der Waals surface area contributed by atoms with E-state index in [2.05, 4.69) is 4.98 Å². The maximum absolute atomic E-state index is 12.8. The van der Waals surface area contributed by atoms with Gasteiger partial charge >= 0.3 is 0 Å². The molecule has 76 valence electrons. The Morgan fingerprint density at radius 1 is 1.29 bits per heavy atom. The second kappa shape index (κ2) is 4.40. The van der Waals surface area contributed by atoms with Crippen molar-refractivity contribution in [2.75, 3.05) is 0 Å². The van der Waals surface area contributed by atoms with Crippen molar-refractivity contribution in [2.24, 2.45) is 0 Å². The van der Waals surface area contributed by atoms with Gasteiger partial charge in [-0.05, 0) is 31.7 Å². The standard InChI is InChI=1S/C11H14FNO/c12-9-6-7-13-11(8-9)14-10-4-2-1-3-5-10/h6-8,10H,1-5H2. The average Bonchev–Trinajstić information content (AvgIpc) is 2.19. The van der Waals surface area contributed by atoms with Gasteiger partial charge in [0.05, 0.1) is 0 Å². The van der Waals surface area contributed by atoms with E-state index in [4.69, 9.17) is 4.74 Å². The summed E-state index contributed by atoms with van der Waals surface area (Å²) in [6.45, 7) is 0. The summed E-state index contributed by atoms with van der Waals surface area (Å²) >= 11 is 0. The predicted octanol–water partition coefficient (Wildman–Crippen LogP) is 2.93. The van der Waals surface area contributed by atoms with Gasteiger partial charge in [-0.25, -0.2) is 9.37 Å². The molecule has 1 aromatic rings. The van der Waals surface area contributed by atoms with E-state index in [1.54, 1.807) is 0 Å². The summed E-state index contributed by atoms with van der Waals surface area (Å²) in [5.74, 6) is 0.128. The van der Waals surface area contributed by atoms with Crippen molar-refractivity contribution in [1.29, 1.82) is 0 Å². The van der Waals surface area contributed by atoms with Crippen LogP contribution >= 0.6 is 0 Å². The number of hydrogen-bond acceptors (Lipinski definition) is 2. The van der Waals surface area contributed by atoms with Crippen LogP contribution in [0.1, 0.15) is 32.1 Å². The van der Waals surface area contributed by atoms with Gasteiger partial charge in [-0.2, -0.15) is 0 Å². The van der Waals surface area contributed by atoms with Gasteiger partial charge in [0.25, 0.3) is 0 Å². The molecule has 0 radical (unpaired) electrons. The second-order valence-corrected chi connectivity index (χ2v) is 3.69. The SMILES string of the molecule is Fc1ccnc(OC2CCCCC2)c1. The molecule has 2 rings (SSSR count). The number of ether oxygens (including phenoxy) is 1. The van der Waals surface area contributed by atoms with Gasteiger partial charge in [0.1, 0.15) is 11.9 Å². The molecule has 0 amide bonds. The molecular weight excluding hydrogens is 181 g/mol. The van der Waals surface area contributed by atoms with Gasteiger partial charge in [-0.3, -0.25) is 0 Å². The molecule has 1 heterocycles. The zero-order chi connectivity index (χ0) is 9.80. The highest BCUT2D eigenvalue weighted by Crippen LogP contribution is 2.22. The Balaban J connectivity index is 1.95. The molecule has 2 nitrogen and oxygen atoms in total. The summed E-state index contributed by atoms with van der Waals surface area (Å²) in [6.07, 6.45) is 7.51. The molecule has 0 spiro atoms. The number of nitrogens with zero attached hydrogens (tertiary/aromatic N) is 1. The lowest BCUT2D eigenvalue weighted by Gasteiger charge is -2.22. The third-order valence-electron chi connectivity index (χ3n) is 2.54. The highest BCUT2D eigenvalue weighted by atomic mass is 19.1. The summed E-state index contributed by atoms with van der Waals surface area (Å²) < 4.78 is 18.4. The molecule has 1 aliphatic carbocycles. The predicted molar refractivity (Wildman–Crippen MR) is 51.7 cm³/mol. The molecule has 0 N–H and O–H groups in total. The van der Waals surface area contributed by atoms with E-state index in [1.165, 1.54) is 37.6 Å². The Morgan fingerprint density at radius 3 is 2.79 bits per heavy atom. The maximum Gasteiger partial charge on any atom is 0.216 e. The molecule has 0 bridgehead atoms. The van der Waals surface area contributed by atoms with E-state index in [0.29, 0.717) is 5.88 Å². The third-order valence-corrected chi connectivity index (χ3v) is 2.54. The normalized spacial score (nSPS) is 18.1. The summed E-state index contributed by atoms with van der Waals surface area (Å²) in [7, 11) is 0. The van der Waals surface area contributed by atoms with E-state index in [0.717, 1.165) is 12.8 Å². The minimum absolute atomic E-state index is 0.234. The van der Waals surface area contributed by atoms with Crippen LogP contribution in [-0.4, -0.2) is 11.1 Å². The first-order chi connectivity index (χ1) is 6.84. The summed E-state index contributed by atoms with van der Waals surface area (Å²) in [5, 5.41) is 0. The Hall–Kier alpha value is -1.12. The third kappa shape index (κ3) is 2.44. The topological polar surface area (TPSA) is 22.1 Å². The number of hydrogen-bond donors (Lipinski definition) is 0. The van der Waals surface area contributed by atoms with Crippen LogP contribution < -0.4 is 4.74 Å². The van der Waals surface area contributed by atoms with E-state index in [-0.39, 0.29) is 11.9 Å². The first-order valence-electron chi connectivity index (χ1n) is 5.13. The van der Waals surface area contributed by atoms with Crippen LogP contribution in [0.5, 0.6) is 5.88 Å². The van der Waals surface area contributed by atoms with Crippen molar-refractivity contribution < 1.29 is 9.13 Å². The van der Waals surface area contributed by atoms with Gasteiger partial charge in [-0.1, -0.05) is 6.42 Å². The van der Waals surface area contributed by atoms with Crippen LogP contribution in [0.15, 0.2) is 18.3 Å². The number of aromatic nitrogens is 1. The van der Waals surface area contributed by atoms with Crippen molar-refractivity contribution >= 4 is 0 Å². The average molecular weight is 195 g/mol. The van der Waals surface area contributed by atoms with Crippen LogP contribution in [0, 0.1) is 5.82 Å². The Labute approximate surface area is 83.1 Å². The van der Waals surface area contributed by atoms with E-state index in [1.807, 2.05) is 0 Å². The largest absolute Gasteiger partial charge is 0.474 e. The fourth-order valence-electron chi connectivity index (χ4n) is 1.80. The molecule has 3 heteroatoms. The van der Waals surface area contributed by atoms with Crippen molar-refractivity contribution in [3.05, 3.63) is 24.1 Å². The molecule has 1 aromatic heterocycles. The number of pyridine rings is 1. The van der Waals surface area contributed by atoms with Gasteiger partial charge in [0, 0.05) is 12.3 Å². The summed E-state index contributed by atoms with van der Waals surface area (Å²) in [6, 6.07) is 2.67. The quantitative estimate of drug-likeness (QED) is 0.723. The zero-order valence-corrected chi connectivity index (χ0v) is 8.08. The minimum atomic E-state index is -0.286. The molecule has 0 aliphatic heterocycles. The Morgan fingerprint density at radius 2 is 2.07 bits per heavy atom. The monoisotopic (exact) mass is 195 g/mol. The smallest absolute Gasteiger partial charge is 0.216 e. The van der Waals surface area contributed by atoms with Gasteiger partial charge in [0.2, 0.25) is 5.88 Å². The first kappa shape index (κ1) is 9.44. The highest BCUT2D eigenvalue weighted by molar-refractivity contribution is 5.11. The molecule has 1 fully saturated rings. The van der Waals surface area contributed by atoms with Crippen LogP contribution in [0.4, 0.5) is 4.39 Å². The molecule has 0 aromatic carbocycles. The maximum atomic E-state index is 12.8. The molecule has 0 saturated heterocycles. The number of halogens is 1. The zero-order valence-electron chi connectivity index (χ0n) is 8.08. The summed E-state index contributed by atoms with van der Waals surface area (Å²) in [4.78, 5) is 3.97. The van der Waals surface area contributed by atoms with Crippen LogP contribution in [-0.2, 0) is 0 Å². The van der Waals surface area contributed by atoms with E-state index >= 15 is 0 Å². The molecule has 1 saturated carbocycles. The lowest BCUT2D eigenvalue weighted by Crippen LogP contribution is -2.20.